The lowest BCUT2D eigenvalue weighted by atomic mass is 10.1. The Hall–Kier alpha value is -2.40. The Morgan fingerprint density at radius 2 is 2.04 bits per heavy atom. The lowest BCUT2D eigenvalue weighted by Crippen LogP contribution is -2.17. The Kier molecular flexibility index (Phi) is 4.89. The van der Waals surface area contributed by atoms with Crippen LogP contribution in [0.2, 0.25) is 0 Å². The Morgan fingerprint density at radius 1 is 1.19 bits per heavy atom. The molecule has 5 nitrogen and oxygen atoms in total. The van der Waals surface area contributed by atoms with Crippen LogP contribution in [-0.2, 0) is 24.2 Å². The summed E-state index contributed by atoms with van der Waals surface area (Å²) >= 11 is 0. The van der Waals surface area contributed by atoms with Crippen LogP contribution in [0.4, 0.5) is 0 Å². The lowest BCUT2D eigenvalue weighted by molar-refractivity contribution is 0.0963. The first-order valence-corrected chi connectivity index (χ1v) is 9.43. The topological polar surface area (TPSA) is 44.9 Å². The maximum Gasteiger partial charge on any atom is 0.0956 e. The van der Waals surface area contributed by atoms with E-state index in [0.717, 1.165) is 50.3 Å². The molecule has 0 spiro atoms. The minimum Gasteiger partial charge on any atom is -0.376 e. The molecule has 4 rings (SSSR count). The molecule has 0 aliphatic carbocycles. The maximum absolute atomic E-state index is 5.85. The van der Waals surface area contributed by atoms with E-state index < -0.39 is 0 Å². The third kappa shape index (κ3) is 3.58. The van der Waals surface area contributed by atoms with Gasteiger partial charge in [0, 0.05) is 36.5 Å². The van der Waals surface area contributed by atoms with Gasteiger partial charge in [0.1, 0.15) is 0 Å². The Morgan fingerprint density at radius 3 is 2.73 bits per heavy atom. The summed E-state index contributed by atoms with van der Waals surface area (Å²) in [7, 11) is 0. The normalized spacial score (nSPS) is 17.1. The van der Waals surface area contributed by atoms with E-state index >= 15 is 0 Å². The molecular weight excluding hydrogens is 324 g/mol. The summed E-state index contributed by atoms with van der Waals surface area (Å²) in [6.07, 6.45) is 5.47. The van der Waals surface area contributed by atoms with Gasteiger partial charge in [-0.25, -0.2) is 4.98 Å². The third-order valence-corrected chi connectivity index (χ3v) is 5.08. The van der Waals surface area contributed by atoms with Crippen molar-refractivity contribution in [1.82, 2.24) is 19.3 Å². The molecule has 1 saturated heterocycles. The van der Waals surface area contributed by atoms with Crippen molar-refractivity contribution >= 4 is 0 Å². The van der Waals surface area contributed by atoms with Crippen molar-refractivity contribution in [2.24, 2.45) is 0 Å². The molecule has 0 radical (unpaired) electrons. The number of nitrogens with zero attached hydrogens (tertiary/aromatic N) is 4. The molecule has 3 heterocycles. The van der Waals surface area contributed by atoms with Crippen LogP contribution < -0.4 is 0 Å². The number of benzene rings is 1. The fraction of sp³-hybridized carbons (Fsp3) is 0.429. The van der Waals surface area contributed by atoms with Gasteiger partial charge in [-0.15, -0.1) is 0 Å². The number of aryl methyl sites for hydroxylation is 3. The molecule has 136 valence electrons. The second-order valence-electron chi connectivity index (χ2n) is 7.09. The SMILES string of the molecule is Cc1cc(C)n(CCc2c(-c3ccccc3)ncn2CC2CCCO2)n1. The van der Waals surface area contributed by atoms with E-state index in [-0.39, 0.29) is 0 Å². The highest BCUT2D eigenvalue weighted by Gasteiger charge is 2.20. The lowest BCUT2D eigenvalue weighted by Gasteiger charge is -2.15. The van der Waals surface area contributed by atoms with Gasteiger partial charge in [-0.1, -0.05) is 30.3 Å². The molecule has 0 amide bonds. The van der Waals surface area contributed by atoms with Crippen LogP contribution in [0.25, 0.3) is 11.3 Å². The van der Waals surface area contributed by atoms with E-state index in [2.05, 4.69) is 51.6 Å². The van der Waals surface area contributed by atoms with E-state index in [0.29, 0.717) is 6.10 Å². The van der Waals surface area contributed by atoms with Gasteiger partial charge in [0.05, 0.1) is 30.4 Å². The third-order valence-electron chi connectivity index (χ3n) is 5.08. The monoisotopic (exact) mass is 350 g/mol. The number of rotatable bonds is 6. The van der Waals surface area contributed by atoms with Crippen molar-refractivity contribution in [3.05, 3.63) is 59.8 Å². The highest BCUT2D eigenvalue weighted by Crippen LogP contribution is 2.25. The fourth-order valence-electron chi connectivity index (χ4n) is 3.78. The van der Waals surface area contributed by atoms with Crippen molar-refractivity contribution in [2.75, 3.05) is 6.61 Å². The van der Waals surface area contributed by atoms with Gasteiger partial charge in [0.25, 0.3) is 0 Å². The van der Waals surface area contributed by atoms with Crippen molar-refractivity contribution in [1.29, 1.82) is 0 Å². The molecule has 1 unspecified atom stereocenters. The Balaban J connectivity index is 1.62. The first-order chi connectivity index (χ1) is 12.7. The van der Waals surface area contributed by atoms with Crippen molar-refractivity contribution in [3.63, 3.8) is 0 Å². The first kappa shape index (κ1) is 17.0. The number of imidazole rings is 1. The first-order valence-electron chi connectivity index (χ1n) is 9.43. The second-order valence-corrected chi connectivity index (χ2v) is 7.09. The van der Waals surface area contributed by atoms with Gasteiger partial charge in [0.2, 0.25) is 0 Å². The highest BCUT2D eigenvalue weighted by atomic mass is 16.5. The smallest absolute Gasteiger partial charge is 0.0956 e. The van der Waals surface area contributed by atoms with Crippen LogP contribution in [0.5, 0.6) is 0 Å². The van der Waals surface area contributed by atoms with Crippen LogP contribution >= 0.6 is 0 Å². The predicted molar refractivity (Wildman–Crippen MR) is 102 cm³/mol. The summed E-state index contributed by atoms with van der Waals surface area (Å²) < 4.78 is 10.2. The molecule has 0 bridgehead atoms. The molecular formula is C21H26N4O. The molecule has 1 aliphatic rings. The number of hydrogen-bond donors (Lipinski definition) is 0. The Labute approximate surface area is 154 Å². The van der Waals surface area contributed by atoms with Gasteiger partial charge in [-0.2, -0.15) is 5.10 Å². The van der Waals surface area contributed by atoms with Gasteiger partial charge < -0.3 is 9.30 Å². The molecule has 2 aromatic heterocycles. The molecule has 5 heteroatoms. The fourth-order valence-corrected chi connectivity index (χ4v) is 3.78. The van der Waals surface area contributed by atoms with Gasteiger partial charge in [-0.3, -0.25) is 4.68 Å². The summed E-state index contributed by atoms with van der Waals surface area (Å²) in [6, 6.07) is 12.6. The van der Waals surface area contributed by atoms with E-state index in [1.807, 2.05) is 19.3 Å². The summed E-state index contributed by atoms with van der Waals surface area (Å²) in [6.45, 7) is 6.78. The van der Waals surface area contributed by atoms with Crippen LogP contribution in [0, 0.1) is 13.8 Å². The minimum absolute atomic E-state index is 0.306. The molecule has 1 fully saturated rings. The van der Waals surface area contributed by atoms with E-state index in [9.17, 15) is 0 Å². The molecule has 1 atom stereocenters. The van der Waals surface area contributed by atoms with Crippen LogP contribution in [0.1, 0.15) is 29.9 Å². The van der Waals surface area contributed by atoms with Crippen molar-refractivity contribution < 1.29 is 4.74 Å². The second kappa shape index (κ2) is 7.46. The number of hydrogen-bond acceptors (Lipinski definition) is 3. The van der Waals surface area contributed by atoms with E-state index in [4.69, 9.17) is 9.72 Å². The highest BCUT2D eigenvalue weighted by molar-refractivity contribution is 5.61. The number of ether oxygens (including phenoxy) is 1. The zero-order valence-electron chi connectivity index (χ0n) is 15.6. The van der Waals surface area contributed by atoms with Crippen molar-refractivity contribution in [3.8, 4) is 11.3 Å². The van der Waals surface area contributed by atoms with Crippen LogP contribution in [-0.4, -0.2) is 32.0 Å². The van der Waals surface area contributed by atoms with E-state index in [1.165, 1.54) is 17.0 Å². The van der Waals surface area contributed by atoms with E-state index in [1.54, 1.807) is 0 Å². The summed E-state index contributed by atoms with van der Waals surface area (Å²) in [5.74, 6) is 0. The molecule has 1 aromatic carbocycles. The predicted octanol–water partition coefficient (Wildman–Crippen LogP) is 3.79. The van der Waals surface area contributed by atoms with Crippen LogP contribution in [0.3, 0.4) is 0 Å². The Bertz CT molecular complexity index is 860. The molecule has 0 saturated carbocycles. The quantitative estimate of drug-likeness (QED) is 0.679. The van der Waals surface area contributed by atoms with Gasteiger partial charge in [-0.05, 0) is 32.8 Å². The minimum atomic E-state index is 0.306. The average molecular weight is 350 g/mol. The van der Waals surface area contributed by atoms with Gasteiger partial charge >= 0.3 is 0 Å². The molecule has 3 aromatic rings. The average Bonchev–Trinajstić information content (AvgIpc) is 3.36. The molecule has 1 aliphatic heterocycles. The van der Waals surface area contributed by atoms with Crippen molar-refractivity contribution in [2.45, 2.75) is 52.3 Å². The summed E-state index contributed by atoms with van der Waals surface area (Å²) in [4.78, 5) is 4.75. The van der Waals surface area contributed by atoms with Crippen LogP contribution in [0.15, 0.2) is 42.7 Å². The summed E-state index contributed by atoms with van der Waals surface area (Å²) in [5, 5.41) is 4.61. The number of aromatic nitrogens is 4. The van der Waals surface area contributed by atoms with Gasteiger partial charge in [0.15, 0.2) is 0 Å². The maximum atomic E-state index is 5.85. The molecule has 0 N–H and O–H groups in total. The standard InChI is InChI=1S/C21H26N4O/c1-16-13-17(2)25(23-16)11-10-20-21(18-7-4-3-5-8-18)22-15-24(20)14-19-9-6-12-26-19/h3-5,7-8,13,15,19H,6,9-12,14H2,1-2H3. The largest absolute Gasteiger partial charge is 0.376 e. The summed E-state index contributed by atoms with van der Waals surface area (Å²) in [5.41, 5.74) is 5.78. The molecule has 26 heavy (non-hydrogen) atoms. The zero-order chi connectivity index (χ0) is 17.9. The zero-order valence-corrected chi connectivity index (χ0v) is 15.6.